The van der Waals surface area contributed by atoms with Crippen LogP contribution in [0.2, 0.25) is 0 Å². The van der Waals surface area contributed by atoms with Crippen molar-refractivity contribution in [1.82, 2.24) is 9.38 Å². The predicted octanol–water partition coefficient (Wildman–Crippen LogP) is 2.68. The molecule has 0 amide bonds. The molecule has 0 aliphatic rings. The van der Waals surface area contributed by atoms with Gasteiger partial charge in [0.15, 0.2) is 0 Å². The van der Waals surface area contributed by atoms with E-state index in [4.69, 9.17) is 0 Å². The third kappa shape index (κ3) is 1.72. The molecule has 0 aliphatic heterocycles. The van der Waals surface area contributed by atoms with Gasteiger partial charge in [0.05, 0.1) is 5.69 Å². The first-order valence-electron chi connectivity index (χ1n) is 4.83. The molecule has 0 fully saturated rings. The summed E-state index contributed by atoms with van der Waals surface area (Å²) in [5.74, 6) is 0. The number of fused-ring (bicyclic) bond motifs is 1. The van der Waals surface area contributed by atoms with Crippen LogP contribution in [0.25, 0.3) is 5.65 Å². The Labute approximate surface area is 78.2 Å². The van der Waals surface area contributed by atoms with Gasteiger partial charge in [-0.3, -0.25) is 0 Å². The summed E-state index contributed by atoms with van der Waals surface area (Å²) in [5.41, 5.74) is 2.25. The highest BCUT2D eigenvalue weighted by atomic mass is 15.0. The van der Waals surface area contributed by atoms with Gasteiger partial charge in [-0.2, -0.15) is 0 Å². The minimum absolute atomic E-state index is 1.05. The smallest absolute Gasteiger partial charge is 0.136 e. The van der Waals surface area contributed by atoms with Crippen molar-refractivity contribution in [3.05, 3.63) is 36.3 Å². The maximum Gasteiger partial charge on any atom is 0.136 e. The van der Waals surface area contributed by atoms with Gasteiger partial charge in [-0.25, -0.2) is 4.98 Å². The fraction of sp³-hybridized carbons (Fsp3) is 0.364. The molecule has 0 aromatic carbocycles. The van der Waals surface area contributed by atoms with Crippen LogP contribution in [0.5, 0.6) is 0 Å². The van der Waals surface area contributed by atoms with Crippen molar-refractivity contribution in [2.75, 3.05) is 0 Å². The van der Waals surface area contributed by atoms with Crippen LogP contribution in [-0.4, -0.2) is 9.38 Å². The number of hydrogen-bond donors (Lipinski definition) is 0. The third-order valence-electron chi connectivity index (χ3n) is 2.20. The summed E-state index contributed by atoms with van der Waals surface area (Å²) >= 11 is 0. The summed E-state index contributed by atoms with van der Waals surface area (Å²) in [6, 6.07) is 6.08. The van der Waals surface area contributed by atoms with Gasteiger partial charge in [-0.1, -0.05) is 19.4 Å². The molecule has 2 nitrogen and oxygen atoms in total. The van der Waals surface area contributed by atoms with Crippen LogP contribution in [0.3, 0.4) is 0 Å². The first-order chi connectivity index (χ1) is 6.40. The second kappa shape index (κ2) is 3.60. The molecule has 2 aromatic rings. The van der Waals surface area contributed by atoms with E-state index in [9.17, 15) is 0 Å². The number of unbranched alkanes of at least 4 members (excludes halogenated alkanes) is 1. The Balaban J connectivity index is 2.28. The molecule has 0 atom stereocenters. The fourth-order valence-corrected chi connectivity index (χ4v) is 1.47. The molecule has 0 radical (unpaired) electrons. The molecule has 0 bridgehead atoms. The van der Waals surface area contributed by atoms with E-state index in [-0.39, 0.29) is 0 Å². The lowest BCUT2D eigenvalue weighted by Gasteiger charge is -1.89. The molecule has 2 heterocycles. The molecule has 0 saturated heterocycles. The summed E-state index contributed by atoms with van der Waals surface area (Å²) in [5, 5.41) is 0. The number of aryl methyl sites for hydroxylation is 1. The zero-order chi connectivity index (χ0) is 9.10. The van der Waals surface area contributed by atoms with Gasteiger partial charge in [0.1, 0.15) is 5.65 Å². The van der Waals surface area contributed by atoms with E-state index in [0.29, 0.717) is 0 Å². The van der Waals surface area contributed by atoms with Crippen LogP contribution >= 0.6 is 0 Å². The van der Waals surface area contributed by atoms with Crippen LogP contribution in [0.4, 0.5) is 0 Å². The number of aromatic nitrogens is 2. The Hall–Kier alpha value is -1.31. The average molecular weight is 174 g/mol. The van der Waals surface area contributed by atoms with Crippen molar-refractivity contribution < 1.29 is 0 Å². The van der Waals surface area contributed by atoms with Gasteiger partial charge < -0.3 is 4.40 Å². The van der Waals surface area contributed by atoms with Crippen LogP contribution in [-0.2, 0) is 6.42 Å². The van der Waals surface area contributed by atoms with Crippen LogP contribution < -0.4 is 0 Å². The second-order valence-electron chi connectivity index (χ2n) is 3.30. The summed E-state index contributed by atoms with van der Waals surface area (Å²) < 4.78 is 2.07. The highest BCUT2D eigenvalue weighted by Gasteiger charge is 1.98. The van der Waals surface area contributed by atoms with E-state index >= 15 is 0 Å². The Morgan fingerprint density at radius 2 is 2.31 bits per heavy atom. The van der Waals surface area contributed by atoms with Crippen LogP contribution in [0.15, 0.2) is 30.6 Å². The van der Waals surface area contributed by atoms with Gasteiger partial charge in [0, 0.05) is 12.4 Å². The van der Waals surface area contributed by atoms with Gasteiger partial charge >= 0.3 is 0 Å². The molecule has 2 aromatic heterocycles. The Morgan fingerprint density at radius 1 is 1.38 bits per heavy atom. The molecular weight excluding hydrogens is 160 g/mol. The zero-order valence-corrected chi connectivity index (χ0v) is 7.90. The molecule has 0 unspecified atom stereocenters. The number of rotatable bonds is 3. The monoisotopic (exact) mass is 174 g/mol. The zero-order valence-electron chi connectivity index (χ0n) is 7.90. The van der Waals surface area contributed by atoms with Crippen LogP contribution in [0.1, 0.15) is 25.5 Å². The van der Waals surface area contributed by atoms with Crippen molar-refractivity contribution in [2.24, 2.45) is 0 Å². The number of pyridine rings is 1. The van der Waals surface area contributed by atoms with Gasteiger partial charge in [-0.05, 0) is 25.0 Å². The molecule has 2 rings (SSSR count). The average Bonchev–Trinajstić information content (AvgIpc) is 2.57. The Kier molecular flexibility index (Phi) is 2.30. The highest BCUT2D eigenvalue weighted by molar-refractivity contribution is 5.39. The van der Waals surface area contributed by atoms with E-state index in [0.717, 1.165) is 12.1 Å². The van der Waals surface area contributed by atoms with Gasteiger partial charge in [0.2, 0.25) is 0 Å². The van der Waals surface area contributed by atoms with Crippen molar-refractivity contribution in [2.45, 2.75) is 26.2 Å². The maximum absolute atomic E-state index is 4.51. The molecule has 13 heavy (non-hydrogen) atoms. The molecular formula is C11H14N2. The predicted molar refractivity (Wildman–Crippen MR) is 53.8 cm³/mol. The SMILES string of the molecule is CCCCc1cn2ccccc2n1. The fourth-order valence-electron chi connectivity index (χ4n) is 1.47. The molecule has 0 spiro atoms. The van der Waals surface area contributed by atoms with E-state index < -0.39 is 0 Å². The van der Waals surface area contributed by atoms with Crippen molar-refractivity contribution in [3.63, 3.8) is 0 Å². The molecule has 2 heteroatoms. The van der Waals surface area contributed by atoms with Crippen LogP contribution in [0, 0.1) is 0 Å². The lowest BCUT2D eigenvalue weighted by atomic mass is 10.2. The molecule has 0 N–H and O–H groups in total. The number of imidazole rings is 1. The van der Waals surface area contributed by atoms with E-state index in [1.165, 1.54) is 18.5 Å². The van der Waals surface area contributed by atoms with Crippen molar-refractivity contribution in [3.8, 4) is 0 Å². The van der Waals surface area contributed by atoms with E-state index in [2.05, 4.69) is 22.5 Å². The number of nitrogens with zero attached hydrogens (tertiary/aromatic N) is 2. The molecule has 0 aliphatic carbocycles. The Bertz CT molecular complexity index is 357. The third-order valence-corrected chi connectivity index (χ3v) is 2.20. The normalized spacial score (nSPS) is 10.8. The summed E-state index contributed by atoms with van der Waals surface area (Å²) in [6.07, 6.45) is 7.71. The van der Waals surface area contributed by atoms with Gasteiger partial charge in [-0.15, -0.1) is 0 Å². The quantitative estimate of drug-likeness (QED) is 0.699. The highest BCUT2D eigenvalue weighted by Crippen LogP contribution is 2.07. The number of hydrogen-bond acceptors (Lipinski definition) is 1. The summed E-state index contributed by atoms with van der Waals surface area (Å²) in [6.45, 7) is 2.20. The largest absolute Gasteiger partial charge is 0.307 e. The summed E-state index contributed by atoms with van der Waals surface area (Å²) in [4.78, 5) is 4.51. The van der Waals surface area contributed by atoms with E-state index in [1.807, 2.05) is 24.4 Å². The lowest BCUT2D eigenvalue weighted by molar-refractivity contribution is 0.781. The standard InChI is InChI=1S/C11H14N2/c1-2-3-6-10-9-13-8-5-4-7-11(13)12-10/h4-5,7-9H,2-3,6H2,1H3. The maximum atomic E-state index is 4.51. The Morgan fingerprint density at radius 3 is 3.08 bits per heavy atom. The van der Waals surface area contributed by atoms with Crippen molar-refractivity contribution in [1.29, 1.82) is 0 Å². The van der Waals surface area contributed by atoms with Crippen molar-refractivity contribution >= 4 is 5.65 Å². The molecule has 0 saturated carbocycles. The minimum Gasteiger partial charge on any atom is -0.307 e. The topological polar surface area (TPSA) is 17.3 Å². The first kappa shape index (κ1) is 8.30. The summed E-state index contributed by atoms with van der Waals surface area (Å²) in [7, 11) is 0. The minimum atomic E-state index is 1.05. The first-order valence-corrected chi connectivity index (χ1v) is 4.83. The van der Waals surface area contributed by atoms with E-state index in [1.54, 1.807) is 0 Å². The molecule has 68 valence electrons. The second-order valence-corrected chi connectivity index (χ2v) is 3.30. The van der Waals surface area contributed by atoms with Gasteiger partial charge in [0.25, 0.3) is 0 Å². The lowest BCUT2D eigenvalue weighted by Crippen LogP contribution is -1.82.